The molecule has 1 fully saturated rings. The molecule has 2 aliphatic rings. The van der Waals surface area contributed by atoms with E-state index < -0.39 is 11.6 Å². The minimum absolute atomic E-state index is 0.110. The maximum Gasteiger partial charge on any atom is 0.412 e. The molecule has 4 heterocycles. The number of carbonyl (C=O) groups is 2. The van der Waals surface area contributed by atoms with E-state index in [9.17, 15) is 9.59 Å². The third-order valence-electron chi connectivity index (χ3n) is 9.41. The lowest BCUT2D eigenvalue weighted by molar-refractivity contribution is -0.121. The topological polar surface area (TPSA) is 157 Å². The van der Waals surface area contributed by atoms with Gasteiger partial charge in [0.15, 0.2) is 5.82 Å². The molecule has 0 aliphatic carbocycles. The average molecular weight is 847 g/mol. The molecule has 58 heavy (non-hydrogen) atoms. The summed E-state index contributed by atoms with van der Waals surface area (Å²) in [4.78, 5) is 33.7. The Morgan fingerprint density at radius 1 is 0.845 bits per heavy atom. The summed E-state index contributed by atoms with van der Waals surface area (Å²) in [5, 5.41) is 13.4. The summed E-state index contributed by atoms with van der Waals surface area (Å²) in [5.74, 6) is 1.23. The van der Waals surface area contributed by atoms with E-state index in [2.05, 4.69) is 29.4 Å². The number of amides is 2. The maximum atomic E-state index is 13.2. The van der Waals surface area contributed by atoms with E-state index in [0.717, 1.165) is 52.5 Å². The fraction of sp³-hybridized carbons (Fsp3) is 0.634. The largest absolute Gasteiger partial charge is 0.444 e. The predicted octanol–water partition coefficient (Wildman–Crippen LogP) is 6.15. The lowest BCUT2D eigenvalue weighted by Gasteiger charge is -2.36. The maximum absolute atomic E-state index is 13.2. The van der Waals surface area contributed by atoms with Crippen molar-refractivity contribution in [1.82, 2.24) is 25.0 Å². The number of hydrogen-bond donors (Lipinski definition) is 1. The van der Waals surface area contributed by atoms with Crippen LogP contribution in [-0.2, 0) is 38.0 Å². The van der Waals surface area contributed by atoms with Crippen LogP contribution in [0.15, 0.2) is 29.3 Å². The minimum Gasteiger partial charge on any atom is -0.444 e. The van der Waals surface area contributed by atoms with Crippen molar-refractivity contribution in [2.75, 3.05) is 85.8 Å². The van der Waals surface area contributed by atoms with Crippen molar-refractivity contribution < 1.29 is 42.7 Å². The molecule has 2 atom stereocenters. The van der Waals surface area contributed by atoms with Crippen LogP contribution >= 0.6 is 22.9 Å². The zero-order chi connectivity index (χ0) is 41.5. The highest BCUT2D eigenvalue weighted by atomic mass is 35.5. The molecule has 1 aromatic carbocycles. The number of benzene rings is 1. The Bertz CT molecular complexity index is 1790. The third-order valence-corrected chi connectivity index (χ3v) is 10.9. The van der Waals surface area contributed by atoms with Gasteiger partial charge in [-0.05, 0) is 78.5 Å². The smallest absolute Gasteiger partial charge is 0.412 e. The highest BCUT2D eigenvalue weighted by Gasteiger charge is 2.33. The number of nitrogens with zero attached hydrogens (tertiary/aromatic N) is 5. The Morgan fingerprint density at radius 3 is 2.07 bits per heavy atom. The molecule has 0 saturated carbocycles. The van der Waals surface area contributed by atoms with Crippen LogP contribution in [0.25, 0.3) is 5.00 Å². The van der Waals surface area contributed by atoms with E-state index in [4.69, 9.17) is 49.8 Å². The number of ether oxygens (including phenoxy) is 7. The third kappa shape index (κ3) is 13.5. The predicted molar refractivity (Wildman–Crippen MR) is 222 cm³/mol. The van der Waals surface area contributed by atoms with Crippen molar-refractivity contribution in [2.24, 2.45) is 4.99 Å². The first-order valence-corrected chi connectivity index (χ1v) is 21.3. The van der Waals surface area contributed by atoms with Gasteiger partial charge in [0.05, 0.1) is 84.8 Å². The molecule has 0 spiro atoms. The first-order chi connectivity index (χ1) is 27.9. The van der Waals surface area contributed by atoms with Crippen LogP contribution in [0.1, 0.15) is 85.7 Å². The molecule has 0 radical (unpaired) electrons. The number of aliphatic imine (C=N–C) groups is 1. The van der Waals surface area contributed by atoms with Crippen molar-refractivity contribution >= 4 is 40.6 Å². The Morgan fingerprint density at radius 2 is 1.45 bits per heavy atom. The second kappa shape index (κ2) is 22.8. The van der Waals surface area contributed by atoms with Crippen LogP contribution < -0.4 is 5.32 Å². The Hall–Kier alpha value is -3.48. The van der Waals surface area contributed by atoms with Gasteiger partial charge in [-0.3, -0.25) is 19.3 Å². The number of aromatic nitrogens is 3. The van der Waals surface area contributed by atoms with Crippen molar-refractivity contribution in [3.63, 3.8) is 0 Å². The van der Waals surface area contributed by atoms with Gasteiger partial charge in [0.1, 0.15) is 28.7 Å². The van der Waals surface area contributed by atoms with Crippen LogP contribution in [0.3, 0.4) is 0 Å². The number of thiophene rings is 1. The van der Waals surface area contributed by atoms with Crippen LogP contribution in [0.4, 0.5) is 4.79 Å². The summed E-state index contributed by atoms with van der Waals surface area (Å²) < 4.78 is 41.5. The van der Waals surface area contributed by atoms with Gasteiger partial charge in [0.25, 0.3) is 0 Å². The van der Waals surface area contributed by atoms with Gasteiger partial charge in [0.2, 0.25) is 5.91 Å². The number of fused-ring (bicyclic) bond motifs is 3. The summed E-state index contributed by atoms with van der Waals surface area (Å²) >= 11 is 7.89. The minimum atomic E-state index is -0.540. The summed E-state index contributed by atoms with van der Waals surface area (Å²) in [6.45, 7) is 17.3. The fourth-order valence-corrected chi connectivity index (χ4v) is 7.81. The van der Waals surface area contributed by atoms with Crippen molar-refractivity contribution in [3.8, 4) is 5.00 Å². The van der Waals surface area contributed by atoms with Crippen LogP contribution in [0, 0.1) is 20.8 Å². The van der Waals surface area contributed by atoms with Gasteiger partial charge in [-0.1, -0.05) is 23.7 Å². The second-order valence-corrected chi connectivity index (χ2v) is 16.7. The van der Waals surface area contributed by atoms with Crippen molar-refractivity contribution in [1.29, 1.82) is 0 Å². The molecular formula is C41H59ClN6O9S. The molecule has 2 aliphatic heterocycles. The van der Waals surface area contributed by atoms with Crippen molar-refractivity contribution in [3.05, 3.63) is 62.5 Å². The molecule has 1 saturated heterocycles. The van der Waals surface area contributed by atoms with Gasteiger partial charge in [-0.15, -0.1) is 21.5 Å². The molecule has 15 nitrogen and oxygen atoms in total. The summed E-state index contributed by atoms with van der Waals surface area (Å²) in [7, 11) is 0. The van der Waals surface area contributed by atoms with Gasteiger partial charge in [0, 0.05) is 34.1 Å². The van der Waals surface area contributed by atoms with E-state index in [1.165, 1.54) is 4.88 Å². The summed E-state index contributed by atoms with van der Waals surface area (Å²) in [6, 6.07) is 7.08. The lowest BCUT2D eigenvalue weighted by atomic mass is 9.99. The molecule has 1 N–H and O–H groups in total. The zero-order valence-corrected chi connectivity index (χ0v) is 36.3. The molecule has 5 rings (SSSR count). The SMILES string of the molecule is Cc1sc2c(c1C)C(c1ccc(Cl)cc1)=N[C@@H](CC(=O)NCCOCCOCCOCCOCCOCCOC1CCCCN1C(=O)OC(C)(C)C)c1nnc(C)n1-2. The first-order valence-electron chi connectivity index (χ1n) is 20.1. The number of aryl methyl sites for hydroxylation is 2. The number of piperidine rings is 1. The highest BCUT2D eigenvalue weighted by Crippen LogP contribution is 2.39. The monoisotopic (exact) mass is 846 g/mol. The Balaban J connectivity index is 0.882. The van der Waals surface area contributed by atoms with Crippen LogP contribution in [0.2, 0.25) is 5.02 Å². The highest BCUT2D eigenvalue weighted by molar-refractivity contribution is 7.15. The zero-order valence-electron chi connectivity index (χ0n) is 34.7. The molecule has 17 heteroatoms. The Labute approximate surface area is 350 Å². The molecule has 2 aromatic heterocycles. The van der Waals surface area contributed by atoms with Gasteiger partial charge in [-0.25, -0.2) is 4.79 Å². The van der Waals surface area contributed by atoms with E-state index in [0.29, 0.717) is 96.6 Å². The van der Waals surface area contributed by atoms with Crippen molar-refractivity contribution in [2.45, 2.75) is 85.1 Å². The number of rotatable bonds is 22. The molecular weight excluding hydrogens is 788 g/mol. The number of likely N-dealkylation sites (tertiary alicyclic amines) is 1. The lowest BCUT2D eigenvalue weighted by Crippen LogP contribution is -2.47. The number of nitrogens with one attached hydrogen (secondary N) is 1. The number of carbonyl (C=O) groups excluding carboxylic acids is 2. The molecule has 320 valence electrons. The fourth-order valence-electron chi connectivity index (χ4n) is 6.47. The van der Waals surface area contributed by atoms with Gasteiger partial charge in [-0.2, -0.15) is 0 Å². The van der Waals surface area contributed by atoms with E-state index in [1.807, 2.05) is 56.5 Å². The molecule has 0 bridgehead atoms. The first kappa shape index (κ1) is 45.6. The average Bonchev–Trinajstić information content (AvgIpc) is 3.66. The molecule has 3 aromatic rings. The van der Waals surface area contributed by atoms with E-state index >= 15 is 0 Å². The molecule has 1 unspecified atom stereocenters. The number of hydrogen-bond acceptors (Lipinski definition) is 13. The van der Waals surface area contributed by atoms with E-state index in [-0.39, 0.29) is 24.6 Å². The molecule has 2 amide bonds. The Kier molecular flexibility index (Phi) is 17.9. The van der Waals surface area contributed by atoms with Gasteiger partial charge < -0.3 is 38.5 Å². The van der Waals surface area contributed by atoms with Crippen LogP contribution in [0.5, 0.6) is 0 Å². The van der Waals surface area contributed by atoms with E-state index in [1.54, 1.807) is 16.2 Å². The van der Waals surface area contributed by atoms with Gasteiger partial charge >= 0.3 is 6.09 Å². The normalized spacial score (nSPS) is 16.7. The quantitative estimate of drug-likeness (QED) is 0.116. The second-order valence-electron chi connectivity index (χ2n) is 15.0. The summed E-state index contributed by atoms with van der Waals surface area (Å²) in [5.41, 5.74) is 3.35. The summed E-state index contributed by atoms with van der Waals surface area (Å²) in [6.07, 6.45) is 2.24. The van der Waals surface area contributed by atoms with Crippen LogP contribution in [-0.4, -0.2) is 135 Å². The standard InChI is InChI=1S/C41H59ClN6O9S/c1-28-29(2)58-39-36(28)37(31-10-12-32(42)13-11-31)44-33(38-46-45-30(3)48(38)39)27-34(49)43-14-16-51-17-18-52-19-20-53-21-22-54-23-24-55-25-26-56-35-9-7-8-15-47(35)40(50)57-41(4,5)6/h10-13,33,35H,7-9,14-27H2,1-6H3,(H,43,49)/t33-,35?/m0/s1. The number of halogens is 1.